The number of amides is 1. The van der Waals surface area contributed by atoms with Gasteiger partial charge < -0.3 is 10.7 Å². The molecule has 0 unspecified atom stereocenters. The number of rotatable bonds is 7. The van der Waals surface area contributed by atoms with E-state index in [9.17, 15) is 4.79 Å². The Hall–Kier alpha value is -1.73. The third-order valence-corrected chi connectivity index (χ3v) is 2.27. The number of aromatic nitrogens is 2. The summed E-state index contributed by atoms with van der Waals surface area (Å²) < 4.78 is 0. The first-order valence-corrected chi connectivity index (χ1v) is 5.88. The fraction of sp³-hybridized carbons (Fsp3) is 0.545. The minimum Gasteiger partial charge on any atom is -0.355 e. The Balaban J connectivity index is 2.38. The molecule has 0 bridgehead atoms. The Morgan fingerprint density at radius 3 is 2.78 bits per heavy atom. The van der Waals surface area contributed by atoms with E-state index in [1.807, 2.05) is 18.9 Å². The fourth-order valence-electron chi connectivity index (χ4n) is 1.41. The number of nitrogens with two attached hydrogens (primary N) is 1. The molecule has 100 valence electrons. The molecule has 0 saturated carbocycles. The molecule has 4 N–H and O–H groups in total. The predicted octanol–water partition coefficient (Wildman–Crippen LogP) is -0.280. The van der Waals surface area contributed by atoms with Gasteiger partial charge in [-0.05, 0) is 13.5 Å². The van der Waals surface area contributed by atoms with Gasteiger partial charge in [0.15, 0.2) is 5.82 Å². The maximum absolute atomic E-state index is 11.5. The van der Waals surface area contributed by atoms with Crippen molar-refractivity contribution in [2.24, 2.45) is 5.84 Å². The van der Waals surface area contributed by atoms with Gasteiger partial charge in [-0.25, -0.2) is 10.8 Å². The number of anilines is 1. The second-order valence-corrected chi connectivity index (χ2v) is 4.06. The van der Waals surface area contributed by atoms with Gasteiger partial charge in [-0.1, -0.05) is 6.92 Å². The molecular weight excluding hydrogens is 232 g/mol. The van der Waals surface area contributed by atoms with E-state index in [4.69, 9.17) is 5.84 Å². The number of hydrazine groups is 1. The maximum Gasteiger partial charge on any atom is 0.234 e. The molecule has 7 heteroatoms. The van der Waals surface area contributed by atoms with Crippen LogP contribution in [0, 0.1) is 0 Å². The number of hydrogen-bond acceptors (Lipinski definition) is 6. The highest BCUT2D eigenvalue weighted by molar-refractivity contribution is 5.77. The summed E-state index contributed by atoms with van der Waals surface area (Å²) in [6.07, 6.45) is 4.13. The number of hydrogen-bond donors (Lipinski definition) is 3. The monoisotopic (exact) mass is 252 g/mol. The van der Waals surface area contributed by atoms with Gasteiger partial charge in [0, 0.05) is 13.1 Å². The molecule has 0 atom stereocenters. The number of nitrogen functional groups attached to an aromatic ring is 1. The summed E-state index contributed by atoms with van der Waals surface area (Å²) in [6.45, 7) is 3.64. The molecule has 1 aromatic heterocycles. The number of carbonyl (C=O) groups excluding carboxylic acids is 1. The number of nitrogens with zero attached hydrogens (tertiary/aromatic N) is 3. The van der Waals surface area contributed by atoms with E-state index in [2.05, 4.69) is 20.7 Å². The summed E-state index contributed by atoms with van der Waals surface area (Å²) in [5.74, 6) is 5.73. The first-order valence-electron chi connectivity index (χ1n) is 5.88. The van der Waals surface area contributed by atoms with Crippen LogP contribution < -0.4 is 16.6 Å². The average molecular weight is 252 g/mol. The molecule has 1 amide bonds. The van der Waals surface area contributed by atoms with Crippen LogP contribution in [-0.4, -0.2) is 40.9 Å². The first kappa shape index (κ1) is 14.3. The van der Waals surface area contributed by atoms with Crippen molar-refractivity contribution in [1.29, 1.82) is 0 Å². The molecular formula is C11H20N6O. The van der Waals surface area contributed by atoms with Crippen molar-refractivity contribution in [2.45, 2.75) is 19.9 Å². The predicted molar refractivity (Wildman–Crippen MR) is 69.5 cm³/mol. The van der Waals surface area contributed by atoms with E-state index < -0.39 is 0 Å². The molecule has 0 spiro atoms. The van der Waals surface area contributed by atoms with Crippen molar-refractivity contribution in [3.8, 4) is 0 Å². The van der Waals surface area contributed by atoms with Crippen LogP contribution >= 0.6 is 0 Å². The number of carbonyl (C=O) groups is 1. The Kier molecular flexibility index (Phi) is 6.03. The largest absolute Gasteiger partial charge is 0.355 e. The van der Waals surface area contributed by atoms with Crippen molar-refractivity contribution < 1.29 is 4.79 Å². The summed E-state index contributed by atoms with van der Waals surface area (Å²) in [7, 11) is 1.86. The van der Waals surface area contributed by atoms with Crippen LogP contribution in [-0.2, 0) is 11.3 Å². The summed E-state index contributed by atoms with van der Waals surface area (Å²) >= 11 is 0. The smallest absolute Gasteiger partial charge is 0.234 e. The van der Waals surface area contributed by atoms with Crippen LogP contribution in [0.3, 0.4) is 0 Å². The van der Waals surface area contributed by atoms with Crippen LogP contribution in [0.4, 0.5) is 5.82 Å². The Labute approximate surface area is 107 Å². The third-order valence-electron chi connectivity index (χ3n) is 2.27. The molecule has 0 saturated heterocycles. The summed E-state index contributed by atoms with van der Waals surface area (Å²) in [5, 5.41) is 2.82. The minimum atomic E-state index is 0.0209. The highest BCUT2D eigenvalue weighted by Crippen LogP contribution is 2.01. The Morgan fingerprint density at radius 2 is 2.22 bits per heavy atom. The molecule has 0 fully saturated rings. The maximum atomic E-state index is 11.5. The van der Waals surface area contributed by atoms with Gasteiger partial charge in [0.25, 0.3) is 0 Å². The van der Waals surface area contributed by atoms with E-state index in [1.54, 1.807) is 12.4 Å². The molecule has 0 radical (unpaired) electrons. The number of nitrogens with one attached hydrogen (secondary N) is 2. The highest BCUT2D eigenvalue weighted by Gasteiger charge is 2.07. The summed E-state index contributed by atoms with van der Waals surface area (Å²) in [4.78, 5) is 21.6. The molecule has 1 aromatic rings. The highest BCUT2D eigenvalue weighted by atomic mass is 16.2. The summed E-state index contributed by atoms with van der Waals surface area (Å²) in [5.41, 5.74) is 3.20. The molecule has 1 heterocycles. The zero-order valence-electron chi connectivity index (χ0n) is 10.8. The zero-order valence-corrected chi connectivity index (χ0v) is 10.8. The van der Waals surface area contributed by atoms with Crippen molar-refractivity contribution in [1.82, 2.24) is 20.2 Å². The van der Waals surface area contributed by atoms with Crippen LogP contribution in [0.25, 0.3) is 0 Å². The SMILES string of the molecule is CCCNC(=O)CN(C)Cc1cnc(NN)cn1. The lowest BCUT2D eigenvalue weighted by Gasteiger charge is -2.15. The van der Waals surface area contributed by atoms with Crippen LogP contribution in [0.5, 0.6) is 0 Å². The van der Waals surface area contributed by atoms with E-state index in [0.717, 1.165) is 12.1 Å². The zero-order chi connectivity index (χ0) is 13.4. The van der Waals surface area contributed by atoms with Gasteiger partial charge in [-0.2, -0.15) is 0 Å². The van der Waals surface area contributed by atoms with Gasteiger partial charge in [-0.3, -0.25) is 14.7 Å². The molecule has 0 aliphatic carbocycles. The lowest BCUT2D eigenvalue weighted by Crippen LogP contribution is -2.35. The molecule has 18 heavy (non-hydrogen) atoms. The molecule has 0 aromatic carbocycles. The number of likely N-dealkylation sites (N-methyl/N-ethyl adjacent to an activating group) is 1. The van der Waals surface area contributed by atoms with Crippen molar-refractivity contribution in [3.05, 3.63) is 18.1 Å². The second-order valence-electron chi connectivity index (χ2n) is 4.06. The van der Waals surface area contributed by atoms with Crippen LogP contribution in [0.1, 0.15) is 19.0 Å². The van der Waals surface area contributed by atoms with E-state index >= 15 is 0 Å². The topological polar surface area (TPSA) is 96.2 Å². The van der Waals surface area contributed by atoms with Gasteiger partial charge in [-0.15, -0.1) is 0 Å². The van der Waals surface area contributed by atoms with Gasteiger partial charge in [0.1, 0.15) is 0 Å². The Morgan fingerprint density at radius 1 is 1.44 bits per heavy atom. The van der Waals surface area contributed by atoms with Crippen LogP contribution in [0.15, 0.2) is 12.4 Å². The van der Waals surface area contributed by atoms with Crippen molar-refractivity contribution >= 4 is 11.7 Å². The normalized spacial score (nSPS) is 10.4. The molecule has 1 rings (SSSR count). The first-order chi connectivity index (χ1) is 8.65. The van der Waals surface area contributed by atoms with Gasteiger partial charge in [0.05, 0.1) is 24.6 Å². The molecule has 0 aliphatic rings. The average Bonchev–Trinajstić information content (AvgIpc) is 2.37. The fourth-order valence-corrected chi connectivity index (χ4v) is 1.41. The molecule has 0 aliphatic heterocycles. The van der Waals surface area contributed by atoms with E-state index in [1.165, 1.54) is 0 Å². The van der Waals surface area contributed by atoms with Gasteiger partial charge >= 0.3 is 0 Å². The lowest BCUT2D eigenvalue weighted by atomic mass is 10.4. The standard InChI is InChI=1S/C11H20N6O/c1-3-4-13-11(18)8-17(2)7-9-5-15-10(16-12)6-14-9/h5-6H,3-4,7-8,12H2,1-2H3,(H,13,18)(H,15,16). The van der Waals surface area contributed by atoms with Crippen LogP contribution in [0.2, 0.25) is 0 Å². The van der Waals surface area contributed by atoms with Crippen molar-refractivity contribution in [2.75, 3.05) is 25.6 Å². The lowest BCUT2D eigenvalue weighted by molar-refractivity contribution is -0.122. The van der Waals surface area contributed by atoms with Crippen molar-refractivity contribution in [3.63, 3.8) is 0 Å². The summed E-state index contributed by atoms with van der Waals surface area (Å²) in [6, 6.07) is 0. The Bertz CT molecular complexity index is 366. The quantitative estimate of drug-likeness (QED) is 0.456. The second kappa shape index (κ2) is 7.57. The third kappa shape index (κ3) is 5.07. The van der Waals surface area contributed by atoms with E-state index in [-0.39, 0.29) is 5.91 Å². The van der Waals surface area contributed by atoms with E-state index in [0.29, 0.717) is 25.5 Å². The van der Waals surface area contributed by atoms with Gasteiger partial charge in [0.2, 0.25) is 5.91 Å². The molecule has 7 nitrogen and oxygen atoms in total. The minimum absolute atomic E-state index is 0.0209.